The van der Waals surface area contributed by atoms with Gasteiger partial charge in [0.05, 0.1) is 5.69 Å². The van der Waals surface area contributed by atoms with Crippen molar-refractivity contribution in [2.75, 3.05) is 26.5 Å². The molecule has 1 aromatic heterocycles. The monoisotopic (exact) mass is 235 g/mol. The minimum atomic E-state index is -3.35. The molecule has 0 unspecified atom stereocenters. The van der Waals surface area contributed by atoms with Gasteiger partial charge in [0.25, 0.3) is 10.0 Å². The minimum absolute atomic E-state index is 0.298. The number of hydrogen-bond donors (Lipinski definition) is 1. The van der Waals surface area contributed by atoms with Crippen LogP contribution in [-0.2, 0) is 10.0 Å². The second kappa shape index (κ2) is 3.84. The van der Waals surface area contributed by atoms with Crippen molar-refractivity contribution in [1.82, 2.24) is 9.29 Å². The lowest BCUT2D eigenvalue weighted by molar-refractivity contribution is 0.522. The van der Waals surface area contributed by atoms with Gasteiger partial charge in [-0.2, -0.15) is 0 Å². The second-order valence-corrected chi connectivity index (χ2v) is 6.28. The van der Waals surface area contributed by atoms with Gasteiger partial charge in [-0.05, 0) is 6.92 Å². The highest BCUT2D eigenvalue weighted by Crippen LogP contribution is 2.28. The lowest BCUT2D eigenvalue weighted by Gasteiger charge is -2.08. The molecule has 0 amide bonds. The molecule has 0 aliphatic heterocycles. The summed E-state index contributed by atoms with van der Waals surface area (Å²) < 4.78 is 25.0. The summed E-state index contributed by atoms with van der Waals surface area (Å²) in [4.78, 5) is 4.08. The van der Waals surface area contributed by atoms with Crippen LogP contribution in [0.3, 0.4) is 0 Å². The normalized spacial score (nSPS) is 12.1. The maximum Gasteiger partial charge on any atom is 0.254 e. The Morgan fingerprint density at radius 1 is 1.43 bits per heavy atom. The third-order valence-corrected chi connectivity index (χ3v) is 5.26. The molecule has 0 saturated heterocycles. The van der Waals surface area contributed by atoms with Crippen molar-refractivity contribution in [3.05, 3.63) is 5.69 Å². The molecule has 0 fully saturated rings. The number of sulfonamides is 1. The fourth-order valence-corrected chi connectivity index (χ4v) is 3.40. The summed E-state index contributed by atoms with van der Waals surface area (Å²) in [5.41, 5.74) is 0.535. The predicted octanol–water partition coefficient (Wildman–Crippen LogP) is 0.744. The van der Waals surface area contributed by atoms with Crippen molar-refractivity contribution in [3.63, 3.8) is 0 Å². The Hall–Kier alpha value is -0.660. The number of rotatable bonds is 3. The summed E-state index contributed by atoms with van der Waals surface area (Å²) in [6.45, 7) is 1.69. The number of aryl methyl sites for hydroxylation is 1. The van der Waals surface area contributed by atoms with Gasteiger partial charge in [-0.15, -0.1) is 0 Å². The summed E-state index contributed by atoms with van der Waals surface area (Å²) in [6, 6.07) is 0. The van der Waals surface area contributed by atoms with E-state index in [-0.39, 0.29) is 0 Å². The van der Waals surface area contributed by atoms with Crippen LogP contribution < -0.4 is 5.32 Å². The lowest BCUT2D eigenvalue weighted by atomic mass is 10.6. The van der Waals surface area contributed by atoms with E-state index in [9.17, 15) is 8.42 Å². The number of nitrogens with zero attached hydrogens (tertiary/aromatic N) is 2. The first-order valence-corrected chi connectivity index (χ1v) is 6.23. The molecule has 0 radical (unpaired) electrons. The zero-order chi connectivity index (χ0) is 10.9. The van der Waals surface area contributed by atoms with Gasteiger partial charge in [0, 0.05) is 21.1 Å². The van der Waals surface area contributed by atoms with Gasteiger partial charge in [0.1, 0.15) is 0 Å². The average Bonchev–Trinajstić information content (AvgIpc) is 2.47. The van der Waals surface area contributed by atoms with Gasteiger partial charge in [-0.25, -0.2) is 17.7 Å². The molecule has 0 saturated carbocycles. The standard InChI is InChI=1S/C7H13N3O2S2/c1-5-6(13-7(8-2)9-5)14(11,12)10(3)4/h1-4H3,(H,8,9). The van der Waals surface area contributed by atoms with E-state index < -0.39 is 10.0 Å². The van der Waals surface area contributed by atoms with Crippen LogP contribution in [0.15, 0.2) is 4.21 Å². The van der Waals surface area contributed by atoms with Crippen LogP contribution in [0.2, 0.25) is 0 Å². The predicted molar refractivity (Wildman–Crippen MR) is 57.3 cm³/mol. The minimum Gasteiger partial charge on any atom is -0.365 e. The second-order valence-electron chi connectivity index (χ2n) is 2.93. The van der Waals surface area contributed by atoms with Crippen LogP contribution in [0.1, 0.15) is 5.69 Å². The molecule has 0 bridgehead atoms. The van der Waals surface area contributed by atoms with Crippen molar-refractivity contribution in [2.45, 2.75) is 11.1 Å². The lowest BCUT2D eigenvalue weighted by Crippen LogP contribution is -2.21. The van der Waals surface area contributed by atoms with Gasteiger partial charge in [0.15, 0.2) is 9.34 Å². The average molecular weight is 235 g/mol. The molecule has 7 heteroatoms. The number of aromatic nitrogens is 1. The topological polar surface area (TPSA) is 62.3 Å². The molecule has 0 aliphatic rings. The van der Waals surface area contributed by atoms with Gasteiger partial charge < -0.3 is 5.32 Å². The molecular formula is C7H13N3O2S2. The van der Waals surface area contributed by atoms with E-state index in [2.05, 4.69) is 10.3 Å². The molecule has 0 spiro atoms. The number of anilines is 1. The summed E-state index contributed by atoms with van der Waals surface area (Å²) in [5.74, 6) is 0. The van der Waals surface area contributed by atoms with Crippen molar-refractivity contribution >= 4 is 26.5 Å². The summed E-state index contributed by atoms with van der Waals surface area (Å²) in [5, 5.41) is 3.44. The molecule has 5 nitrogen and oxygen atoms in total. The smallest absolute Gasteiger partial charge is 0.254 e. The molecule has 1 heterocycles. The molecule has 1 aromatic rings. The van der Waals surface area contributed by atoms with Gasteiger partial charge in [0.2, 0.25) is 0 Å². The maximum atomic E-state index is 11.8. The highest BCUT2D eigenvalue weighted by atomic mass is 32.2. The fraction of sp³-hybridized carbons (Fsp3) is 0.571. The van der Waals surface area contributed by atoms with E-state index in [0.29, 0.717) is 15.0 Å². The molecular weight excluding hydrogens is 222 g/mol. The van der Waals surface area contributed by atoms with Crippen LogP contribution in [0, 0.1) is 6.92 Å². The first-order chi connectivity index (χ1) is 6.39. The first-order valence-electron chi connectivity index (χ1n) is 3.97. The maximum absolute atomic E-state index is 11.8. The van der Waals surface area contributed by atoms with E-state index in [1.165, 1.54) is 18.4 Å². The zero-order valence-electron chi connectivity index (χ0n) is 8.53. The molecule has 1 rings (SSSR count). The fourth-order valence-electron chi connectivity index (χ4n) is 0.895. The van der Waals surface area contributed by atoms with E-state index in [0.717, 1.165) is 11.3 Å². The van der Waals surface area contributed by atoms with Crippen LogP contribution in [0.5, 0.6) is 0 Å². The quantitative estimate of drug-likeness (QED) is 0.839. The number of thiazole rings is 1. The van der Waals surface area contributed by atoms with Crippen molar-refractivity contribution in [1.29, 1.82) is 0 Å². The molecule has 0 atom stereocenters. The zero-order valence-corrected chi connectivity index (χ0v) is 10.2. The highest BCUT2D eigenvalue weighted by molar-refractivity contribution is 7.91. The van der Waals surface area contributed by atoms with Crippen molar-refractivity contribution in [2.24, 2.45) is 0 Å². The Morgan fingerprint density at radius 3 is 2.36 bits per heavy atom. The summed E-state index contributed by atoms with van der Waals surface area (Å²) >= 11 is 1.14. The largest absolute Gasteiger partial charge is 0.365 e. The number of nitrogens with one attached hydrogen (secondary N) is 1. The summed E-state index contributed by atoms with van der Waals surface area (Å²) in [6.07, 6.45) is 0. The van der Waals surface area contributed by atoms with Crippen LogP contribution in [0.4, 0.5) is 5.13 Å². The SMILES string of the molecule is CNc1nc(C)c(S(=O)(=O)N(C)C)s1. The number of hydrogen-bond acceptors (Lipinski definition) is 5. The van der Waals surface area contributed by atoms with E-state index in [4.69, 9.17) is 0 Å². The highest BCUT2D eigenvalue weighted by Gasteiger charge is 2.23. The van der Waals surface area contributed by atoms with Crippen LogP contribution in [0.25, 0.3) is 0 Å². The van der Waals surface area contributed by atoms with Gasteiger partial charge >= 0.3 is 0 Å². The Bertz CT molecular complexity index is 422. The van der Waals surface area contributed by atoms with Crippen LogP contribution in [-0.4, -0.2) is 38.9 Å². The van der Waals surface area contributed by atoms with E-state index in [1.54, 1.807) is 14.0 Å². The first kappa shape index (κ1) is 11.4. The Balaban J connectivity index is 3.26. The van der Waals surface area contributed by atoms with Gasteiger partial charge in [-0.3, -0.25) is 0 Å². The van der Waals surface area contributed by atoms with E-state index >= 15 is 0 Å². The Morgan fingerprint density at radius 2 is 2.00 bits per heavy atom. The Kier molecular flexibility index (Phi) is 3.13. The van der Waals surface area contributed by atoms with Crippen molar-refractivity contribution < 1.29 is 8.42 Å². The third kappa shape index (κ3) is 1.89. The molecule has 14 heavy (non-hydrogen) atoms. The Labute approximate surface area is 87.8 Å². The third-order valence-electron chi connectivity index (χ3n) is 1.68. The molecule has 0 aromatic carbocycles. The molecule has 1 N–H and O–H groups in total. The van der Waals surface area contributed by atoms with Crippen molar-refractivity contribution in [3.8, 4) is 0 Å². The molecule has 80 valence electrons. The van der Waals surface area contributed by atoms with Crippen LogP contribution >= 0.6 is 11.3 Å². The summed E-state index contributed by atoms with van der Waals surface area (Å²) in [7, 11) is 1.38. The van der Waals surface area contributed by atoms with E-state index in [1.807, 2.05) is 0 Å². The molecule has 0 aliphatic carbocycles. The van der Waals surface area contributed by atoms with Gasteiger partial charge in [-0.1, -0.05) is 11.3 Å².